The Morgan fingerprint density at radius 1 is 1.15 bits per heavy atom. The number of pyridine rings is 2. The van der Waals surface area contributed by atoms with Gasteiger partial charge in [-0.2, -0.15) is 13.2 Å². The summed E-state index contributed by atoms with van der Waals surface area (Å²) in [6.45, 7) is 6.17. The number of hydrogen-bond donors (Lipinski definition) is 2. The lowest BCUT2D eigenvalue weighted by Gasteiger charge is -2.46. The first-order valence-corrected chi connectivity index (χ1v) is 15.4. The molecular formula is C32H40F3N7O4. The summed E-state index contributed by atoms with van der Waals surface area (Å²) < 4.78 is 52.7. The van der Waals surface area contributed by atoms with Crippen LogP contribution < -0.4 is 15.4 Å². The van der Waals surface area contributed by atoms with Gasteiger partial charge < -0.3 is 34.8 Å². The van der Waals surface area contributed by atoms with Gasteiger partial charge in [-0.1, -0.05) is 13.0 Å². The van der Waals surface area contributed by atoms with Gasteiger partial charge in [-0.25, -0.2) is 4.98 Å². The molecule has 0 saturated carbocycles. The van der Waals surface area contributed by atoms with Crippen molar-refractivity contribution in [2.75, 3.05) is 53.5 Å². The van der Waals surface area contributed by atoms with E-state index in [4.69, 9.17) is 9.47 Å². The monoisotopic (exact) mass is 643 g/mol. The van der Waals surface area contributed by atoms with Crippen LogP contribution >= 0.6 is 0 Å². The van der Waals surface area contributed by atoms with Crippen molar-refractivity contribution in [2.24, 2.45) is 0 Å². The van der Waals surface area contributed by atoms with Crippen LogP contribution in [-0.2, 0) is 21.4 Å². The van der Waals surface area contributed by atoms with Crippen LogP contribution in [0.2, 0.25) is 0 Å². The van der Waals surface area contributed by atoms with Crippen molar-refractivity contribution in [2.45, 2.75) is 50.7 Å². The van der Waals surface area contributed by atoms with Crippen molar-refractivity contribution in [1.29, 1.82) is 0 Å². The molecule has 3 aliphatic heterocycles. The first-order chi connectivity index (χ1) is 22.0. The minimum atomic E-state index is -4.84. The van der Waals surface area contributed by atoms with Gasteiger partial charge in [0, 0.05) is 68.9 Å². The third-order valence-corrected chi connectivity index (χ3v) is 8.80. The third-order valence-electron chi connectivity index (χ3n) is 8.80. The van der Waals surface area contributed by atoms with Gasteiger partial charge in [0.05, 0.1) is 18.4 Å². The second-order valence-corrected chi connectivity index (χ2v) is 11.5. The molecule has 2 amide bonds. The Hall–Kier alpha value is -4.17. The summed E-state index contributed by atoms with van der Waals surface area (Å²) >= 11 is 0. The lowest BCUT2D eigenvalue weighted by Crippen LogP contribution is -2.57. The number of nitrogens with one attached hydrogen (secondary N) is 2. The van der Waals surface area contributed by atoms with Crippen LogP contribution in [0.5, 0.6) is 5.88 Å². The van der Waals surface area contributed by atoms with Gasteiger partial charge in [0.2, 0.25) is 5.88 Å². The molecule has 2 aromatic rings. The number of carbonyl (C=O) groups is 2. The number of likely N-dealkylation sites (tertiary alicyclic amines) is 1. The molecule has 1 unspecified atom stereocenters. The van der Waals surface area contributed by atoms with Crippen LogP contribution in [0.15, 0.2) is 60.2 Å². The number of ether oxygens (including phenoxy) is 2. The number of aromatic nitrogens is 2. The summed E-state index contributed by atoms with van der Waals surface area (Å²) in [5.41, 5.74) is -1.34. The molecule has 46 heavy (non-hydrogen) atoms. The van der Waals surface area contributed by atoms with Crippen LogP contribution in [0.4, 0.5) is 13.2 Å². The number of carbonyl (C=O) groups excluding carboxylic acids is 2. The zero-order chi connectivity index (χ0) is 33.1. The average Bonchev–Trinajstić information content (AvgIpc) is 3.06. The topological polar surface area (TPSA) is 112 Å². The van der Waals surface area contributed by atoms with E-state index in [9.17, 15) is 22.8 Å². The quantitative estimate of drug-likeness (QED) is 0.404. The van der Waals surface area contributed by atoms with Crippen LogP contribution in [-0.4, -0.2) is 102 Å². The normalized spacial score (nSPS) is 23.5. The van der Waals surface area contributed by atoms with Crippen molar-refractivity contribution in [3.63, 3.8) is 0 Å². The number of likely N-dealkylation sites (N-methyl/N-ethyl adjacent to an activating group) is 1. The van der Waals surface area contributed by atoms with Gasteiger partial charge in [0.25, 0.3) is 11.8 Å². The maximum atomic E-state index is 13.9. The number of piperazine rings is 1. The minimum Gasteiger partial charge on any atom is -0.481 e. The Morgan fingerprint density at radius 2 is 1.96 bits per heavy atom. The molecule has 3 aliphatic rings. The molecule has 5 rings (SSSR count). The number of dihydropyridines is 1. The number of nitrogens with zero attached hydrogens (tertiary/aromatic N) is 5. The summed E-state index contributed by atoms with van der Waals surface area (Å²) in [6, 6.07) is 5.97. The molecule has 0 bridgehead atoms. The van der Waals surface area contributed by atoms with Gasteiger partial charge >= 0.3 is 6.18 Å². The minimum absolute atomic E-state index is 0.136. The van der Waals surface area contributed by atoms with E-state index in [2.05, 4.69) is 25.5 Å². The number of alkyl halides is 3. The highest BCUT2D eigenvalue weighted by atomic mass is 19.4. The van der Waals surface area contributed by atoms with Crippen molar-refractivity contribution in [3.8, 4) is 5.88 Å². The van der Waals surface area contributed by atoms with Crippen molar-refractivity contribution in [3.05, 3.63) is 77.0 Å². The number of methoxy groups -OCH3 is 1. The molecule has 2 aromatic heterocycles. The summed E-state index contributed by atoms with van der Waals surface area (Å²) in [7, 11) is 3.23. The first-order valence-electron chi connectivity index (χ1n) is 15.4. The second-order valence-electron chi connectivity index (χ2n) is 11.5. The molecule has 2 N–H and O–H groups in total. The molecular weight excluding hydrogens is 603 g/mol. The van der Waals surface area contributed by atoms with Crippen LogP contribution in [0.3, 0.4) is 0 Å². The third kappa shape index (κ3) is 6.68. The lowest BCUT2D eigenvalue weighted by molar-refractivity contribution is -0.141. The molecule has 248 valence electrons. The number of allylic oxidation sites excluding steroid dienone is 1. The van der Waals surface area contributed by atoms with Gasteiger partial charge in [-0.05, 0) is 57.6 Å². The van der Waals surface area contributed by atoms with E-state index in [-0.39, 0.29) is 43.5 Å². The zero-order valence-electron chi connectivity index (χ0n) is 26.4. The molecule has 0 aliphatic carbocycles. The standard InChI is InChI=1S/C32H40F3N7O4/c1-5-22-20-41(30(44)24-9-10-26(45-4)38-28(24)32(33,34)35)16-17-42(22)25-11-13-31(46-6-2,21-8-7-14-36-18-21)39-27(25)29(43)37-19-23-12-15-40(23)3/h7-11,13-14,18,22-23,39H,5-6,12,15-17,19-20H2,1-4H3,(H,37,43)/t22-,23+,31?/m1/s1. The Kier molecular flexibility index (Phi) is 9.87. The highest BCUT2D eigenvalue weighted by Gasteiger charge is 2.42. The van der Waals surface area contributed by atoms with E-state index >= 15 is 0 Å². The summed E-state index contributed by atoms with van der Waals surface area (Å²) in [6.07, 6.45) is 3.75. The Morgan fingerprint density at radius 3 is 2.57 bits per heavy atom. The molecule has 0 radical (unpaired) electrons. The fourth-order valence-electron chi connectivity index (χ4n) is 6.08. The number of rotatable bonds is 10. The van der Waals surface area contributed by atoms with Crippen molar-refractivity contribution < 1.29 is 32.2 Å². The first kappa shape index (κ1) is 33.2. The fraction of sp³-hybridized carbons (Fsp3) is 0.500. The maximum absolute atomic E-state index is 13.9. The number of amides is 2. The van der Waals surface area contributed by atoms with Gasteiger partial charge in [0.15, 0.2) is 11.4 Å². The number of halogens is 3. The predicted octanol–water partition coefficient (Wildman–Crippen LogP) is 3.12. The molecule has 11 nitrogen and oxygen atoms in total. The van der Waals surface area contributed by atoms with E-state index < -0.39 is 29.1 Å². The fourth-order valence-corrected chi connectivity index (χ4v) is 6.08. The van der Waals surface area contributed by atoms with E-state index in [1.54, 1.807) is 18.5 Å². The molecule has 2 fully saturated rings. The lowest BCUT2D eigenvalue weighted by atomic mass is 9.97. The van der Waals surface area contributed by atoms with E-state index in [0.29, 0.717) is 36.5 Å². The van der Waals surface area contributed by atoms with E-state index in [1.807, 2.05) is 44.0 Å². The molecule has 5 heterocycles. The average molecular weight is 644 g/mol. The summed E-state index contributed by atoms with van der Waals surface area (Å²) in [4.78, 5) is 40.8. The maximum Gasteiger partial charge on any atom is 0.434 e. The zero-order valence-corrected chi connectivity index (χ0v) is 26.4. The van der Waals surface area contributed by atoms with Gasteiger partial charge in [-0.15, -0.1) is 0 Å². The molecule has 3 atom stereocenters. The summed E-state index contributed by atoms with van der Waals surface area (Å²) in [5.74, 6) is -1.30. The van der Waals surface area contributed by atoms with E-state index in [0.717, 1.165) is 19.0 Å². The molecule has 14 heteroatoms. The van der Waals surface area contributed by atoms with Crippen molar-refractivity contribution in [1.82, 2.24) is 35.3 Å². The second kappa shape index (κ2) is 13.7. The van der Waals surface area contributed by atoms with Crippen LogP contribution in [0, 0.1) is 0 Å². The van der Waals surface area contributed by atoms with Gasteiger partial charge in [-0.3, -0.25) is 14.6 Å². The number of hydrogen-bond acceptors (Lipinski definition) is 9. The van der Waals surface area contributed by atoms with E-state index in [1.165, 1.54) is 18.1 Å². The Balaban J connectivity index is 1.44. The SMILES string of the molecule is CCOC1(c2cccnc2)C=CC(N2CCN(C(=O)c3ccc(OC)nc3C(F)(F)F)C[C@H]2CC)=C(C(=O)NC[C@@H]2CCN2C)N1. The van der Waals surface area contributed by atoms with Crippen LogP contribution in [0.25, 0.3) is 0 Å². The van der Waals surface area contributed by atoms with Crippen molar-refractivity contribution >= 4 is 11.8 Å². The molecule has 2 saturated heterocycles. The Labute approximate surface area is 266 Å². The predicted molar refractivity (Wildman–Crippen MR) is 163 cm³/mol. The summed E-state index contributed by atoms with van der Waals surface area (Å²) in [5, 5.41) is 6.45. The Bertz CT molecular complexity index is 1490. The largest absolute Gasteiger partial charge is 0.481 e. The molecule has 0 spiro atoms. The molecule has 0 aromatic carbocycles. The highest BCUT2D eigenvalue weighted by molar-refractivity contribution is 5.96. The smallest absolute Gasteiger partial charge is 0.434 e. The highest BCUT2D eigenvalue weighted by Crippen LogP contribution is 2.35. The van der Waals surface area contributed by atoms with Gasteiger partial charge in [0.1, 0.15) is 5.70 Å². The van der Waals surface area contributed by atoms with Crippen LogP contribution in [0.1, 0.15) is 48.3 Å².